The van der Waals surface area contributed by atoms with E-state index in [2.05, 4.69) is 25.2 Å². The number of nitrogens with zero attached hydrogens (tertiary/aromatic N) is 6. The Morgan fingerprint density at radius 1 is 1.30 bits per heavy atom. The molecular weight excluding hydrogens is 258 g/mol. The molecule has 0 aliphatic carbocycles. The summed E-state index contributed by atoms with van der Waals surface area (Å²) in [4.78, 5) is 22.3. The summed E-state index contributed by atoms with van der Waals surface area (Å²) in [5.41, 5.74) is 7.49. The highest BCUT2D eigenvalue weighted by molar-refractivity contribution is 6.01. The first-order chi connectivity index (χ1) is 9.74. The van der Waals surface area contributed by atoms with Gasteiger partial charge in [-0.2, -0.15) is 0 Å². The molecule has 2 aromatic rings. The number of anilines is 1. The van der Waals surface area contributed by atoms with Crippen LogP contribution in [-0.4, -0.2) is 48.7 Å². The SMILES string of the molecule is Nc1ncnc2nnn(C=C3C(=O)C4CCN3CC4)c12. The van der Waals surface area contributed by atoms with Crippen molar-refractivity contribution in [3.05, 3.63) is 12.0 Å². The van der Waals surface area contributed by atoms with Crippen molar-refractivity contribution >= 4 is 29.0 Å². The molecule has 2 N–H and O–H groups in total. The molecule has 0 aromatic carbocycles. The highest BCUT2D eigenvalue weighted by atomic mass is 16.1. The maximum Gasteiger partial charge on any atom is 0.207 e. The molecule has 0 spiro atoms. The summed E-state index contributed by atoms with van der Waals surface area (Å²) >= 11 is 0. The quantitative estimate of drug-likeness (QED) is 0.722. The number of rotatable bonds is 1. The first-order valence-electron chi connectivity index (χ1n) is 6.56. The van der Waals surface area contributed by atoms with Gasteiger partial charge in [-0.15, -0.1) is 5.10 Å². The number of carbonyl (C=O) groups excluding carboxylic acids is 1. The highest BCUT2D eigenvalue weighted by Gasteiger charge is 2.36. The Morgan fingerprint density at radius 2 is 2.10 bits per heavy atom. The fraction of sp³-hybridized carbons (Fsp3) is 0.417. The van der Waals surface area contributed by atoms with Crippen LogP contribution in [-0.2, 0) is 4.79 Å². The van der Waals surface area contributed by atoms with Gasteiger partial charge in [0.1, 0.15) is 6.33 Å². The third kappa shape index (κ3) is 1.50. The molecule has 102 valence electrons. The summed E-state index contributed by atoms with van der Waals surface area (Å²) in [5, 5.41) is 7.94. The fourth-order valence-corrected chi connectivity index (χ4v) is 2.91. The number of piperidine rings is 3. The van der Waals surface area contributed by atoms with Crippen LogP contribution in [0.15, 0.2) is 12.0 Å². The van der Waals surface area contributed by atoms with Crippen LogP contribution in [0.2, 0.25) is 0 Å². The van der Waals surface area contributed by atoms with Crippen molar-refractivity contribution in [2.24, 2.45) is 5.92 Å². The molecule has 20 heavy (non-hydrogen) atoms. The predicted molar refractivity (Wildman–Crippen MR) is 71.1 cm³/mol. The summed E-state index contributed by atoms with van der Waals surface area (Å²) in [7, 11) is 0. The normalized spacial score (nSPS) is 21.3. The minimum absolute atomic E-state index is 0.148. The zero-order chi connectivity index (χ0) is 13.7. The topological polar surface area (TPSA) is 103 Å². The highest BCUT2D eigenvalue weighted by Crippen LogP contribution is 2.32. The molecule has 0 amide bonds. The number of allylic oxidation sites excluding steroid dienone is 1. The molecule has 3 fully saturated rings. The largest absolute Gasteiger partial charge is 0.382 e. The summed E-state index contributed by atoms with van der Waals surface area (Å²) in [6.07, 6.45) is 4.93. The van der Waals surface area contributed by atoms with Gasteiger partial charge >= 0.3 is 0 Å². The van der Waals surface area contributed by atoms with Gasteiger partial charge in [0.25, 0.3) is 0 Å². The minimum atomic E-state index is 0.148. The van der Waals surface area contributed by atoms with Crippen molar-refractivity contribution in [1.82, 2.24) is 29.9 Å². The molecule has 0 radical (unpaired) electrons. The van der Waals surface area contributed by atoms with E-state index >= 15 is 0 Å². The first-order valence-corrected chi connectivity index (χ1v) is 6.56. The average Bonchev–Trinajstić information content (AvgIpc) is 2.88. The lowest BCUT2D eigenvalue weighted by atomic mass is 9.85. The van der Waals surface area contributed by atoms with Gasteiger partial charge in [-0.1, -0.05) is 5.21 Å². The zero-order valence-corrected chi connectivity index (χ0v) is 10.7. The van der Waals surface area contributed by atoms with E-state index < -0.39 is 0 Å². The van der Waals surface area contributed by atoms with E-state index in [0.717, 1.165) is 25.9 Å². The Bertz CT molecular complexity index is 726. The van der Waals surface area contributed by atoms with Crippen LogP contribution in [0.4, 0.5) is 5.82 Å². The molecule has 3 saturated heterocycles. The lowest BCUT2D eigenvalue weighted by Crippen LogP contribution is -2.46. The number of Topliss-reactive ketones (excluding diaryl/α,β-unsaturated/α-hetero) is 1. The molecule has 0 saturated carbocycles. The van der Waals surface area contributed by atoms with Crippen LogP contribution >= 0.6 is 0 Å². The van der Waals surface area contributed by atoms with Crippen molar-refractivity contribution < 1.29 is 4.79 Å². The second-order valence-electron chi connectivity index (χ2n) is 5.11. The van der Waals surface area contributed by atoms with E-state index in [0.29, 0.717) is 22.7 Å². The summed E-state index contributed by atoms with van der Waals surface area (Å²) < 4.78 is 1.50. The summed E-state index contributed by atoms with van der Waals surface area (Å²) in [5.74, 6) is 0.636. The number of hydrogen-bond donors (Lipinski definition) is 1. The van der Waals surface area contributed by atoms with Gasteiger partial charge in [0, 0.05) is 19.0 Å². The van der Waals surface area contributed by atoms with Crippen molar-refractivity contribution in [3.63, 3.8) is 0 Å². The Hall–Kier alpha value is -2.51. The van der Waals surface area contributed by atoms with E-state index in [1.165, 1.54) is 11.0 Å². The van der Waals surface area contributed by atoms with Gasteiger partial charge in [-0.25, -0.2) is 14.6 Å². The molecule has 5 rings (SSSR count). The van der Waals surface area contributed by atoms with E-state index in [4.69, 9.17) is 5.73 Å². The lowest BCUT2D eigenvalue weighted by molar-refractivity contribution is -0.125. The molecule has 0 atom stereocenters. The fourth-order valence-electron chi connectivity index (χ4n) is 2.91. The molecule has 8 nitrogen and oxygen atoms in total. The number of aromatic nitrogens is 5. The number of nitrogen functional groups attached to an aromatic ring is 1. The summed E-state index contributed by atoms with van der Waals surface area (Å²) in [6.45, 7) is 1.84. The smallest absolute Gasteiger partial charge is 0.207 e. The van der Waals surface area contributed by atoms with Crippen molar-refractivity contribution in [2.75, 3.05) is 18.8 Å². The van der Waals surface area contributed by atoms with Crippen molar-refractivity contribution in [2.45, 2.75) is 12.8 Å². The number of nitrogens with two attached hydrogens (primary N) is 1. The number of hydrogen-bond acceptors (Lipinski definition) is 7. The Kier molecular flexibility index (Phi) is 2.26. The van der Waals surface area contributed by atoms with Gasteiger partial charge in [0.05, 0.1) is 11.9 Å². The zero-order valence-electron chi connectivity index (χ0n) is 10.7. The van der Waals surface area contributed by atoms with Gasteiger partial charge in [0.2, 0.25) is 5.65 Å². The molecule has 2 bridgehead atoms. The average molecular weight is 271 g/mol. The predicted octanol–water partition coefficient (Wildman–Crippen LogP) is -0.103. The van der Waals surface area contributed by atoms with E-state index in [1.807, 2.05) is 0 Å². The Morgan fingerprint density at radius 3 is 2.85 bits per heavy atom. The Labute approximate surface area is 114 Å². The maximum atomic E-state index is 12.3. The minimum Gasteiger partial charge on any atom is -0.382 e. The van der Waals surface area contributed by atoms with Gasteiger partial charge in [-0.05, 0) is 12.8 Å². The standard InChI is InChI=1S/C12H13N7O/c13-11-9-12(15-6-14-11)16-17-19(9)5-8-10(20)7-1-3-18(8)4-2-7/h5-7H,1-4H2,(H2,13,14,15). The molecule has 5 heterocycles. The van der Waals surface area contributed by atoms with Gasteiger partial charge < -0.3 is 10.6 Å². The van der Waals surface area contributed by atoms with Crippen LogP contribution in [0, 0.1) is 5.92 Å². The van der Waals surface area contributed by atoms with Crippen LogP contribution in [0.5, 0.6) is 0 Å². The van der Waals surface area contributed by atoms with Gasteiger partial charge in [0.15, 0.2) is 17.1 Å². The van der Waals surface area contributed by atoms with Crippen LogP contribution in [0.1, 0.15) is 12.8 Å². The molecule has 3 aliphatic rings. The maximum absolute atomic E-state index is 12.3. The second-order valence-corrected chi connectivity index (χ2v) is 5.11. The van der Waals surface area contributed by atoms with Crippen LogP contribution in [0.25, 0.3) is 17.4 Å². The van der Waals surface area contributed by atoms with Gasteiger partial charge in [-0.3, -0.25) is 4.79 Å². The first kappa shape index (κ1) is 11.3. The van der Waals surface area contributed by atoms with E-state index in [-0.39, 0.29) is 11.7 Å². The molecule has 0 unspecified atom stereocenters. The molecular formula is C12H13N7O. The number of fused-ring (bicyclic) bond motifs is 4. The van der Waals surface area contributed by atoms with E-state index in [9.17, 15) is 4.79 Å². The number of carbonyl (C=O) groups is 1. The Balaban J connectivity index is 1.84. The number of ketones is 1. The molecule has 8 heteroatoms. The lowest BCUT2D eigenvalue weighted by Gasteiger charge is -2.40. The third-order valence-electron chi connectivity index (χ3n) is 4.00. The van der Waals surface area contributed by atoms with Crippen LogP contribution < -0.4 is 5.73 Å². The summed E-state index contributed by atoms with van der Waals surface area (Å²) in [6, 6.07) is 0. The molecule has 2 aromatic heterocycles. The second kappa shape index (κ2) is 3.99. The van der Waals surface area contributed by atoms with E-state index in [1.54, 1.807) is 6.20 Å². The molecule has 3 aliphatic heterocycles. The van der Waals surface area contributed by atoms with Crippen molar-refractivity contribution in [3.8, 4) is 0 Å². The third-order valence-corrected chi connectivity index (χ3v) is 4.00. The monoisotopic (exact) mass is 271 g/mol. The van der Waals surface area contributed by atoms with Crippen molar-refractivity contribution in [1.29, 1.82) is 0 Å². The van der Waals surface area contributed by atoms with Crippen LogP contribution in [0.3, 0.4) is 0 Å².